The Hall–Kier alpha value is -1.83. The summed E-state index contributed by atoms with van der Waals surface area (Å²) in [5, 5.41) is 2.72. The van der Waals surface area contributed by atoms with Gasteiger partial charge in [0.2, 0.25) is 0 Å². The quantitative estimate of drug-likeness (QED) is 0.620. The normalized spacial score (nSPS) is 19.9. The molecule has 0 heterocycles. The number of hydrogen-bond acceptors (Lipinski definition) is 0. The molecule has 3 atom stereocenters. The van der Waals surface area contributed by atoms with Gasteiger partial charge in [0.1, 0.15) is 0 Å². The fourth-order valence-corrected chi connectivity index (χ4v) is 5.99. The number of unbranched alkanes of at least 4 members (excludes halogenated alkanes) is 1. The van der Waals surface area contributed by atoms with E-state index in [0.29, 0.717) is 11.6 Å². The molecule has 24 heavy (non-hydrogen) atoms. The minimum absolute atomic E-state index is 0.459. The van der Waals surface area contributed by atoms with Crippen LogP contribution in [-0.4, -0.2) is 5.66 Å². The molecule has 1 aliphatic carbocycles. The first-order valence-electron chi connectivity index (χ1n) is 8.91. The molecule has 0 nitrogen and oxygen atoms in total. The largest absolute Gasteiger partial charge is 0.0775 e. The van der Waals surface area contributed by atoms with Crippen molar-refractivity contribution in [2.24, 2.45) is 5.92 Å². The van der Waals surface area contributed by atoms with Crippen LogP contribution < -0.4 is 10.6 Å². The van der Waals surface area contributed by atoms with Gasteiger partial charge in [-0.3, -0.25) is 0 Å². The summed E-state index contributed by atoms with van der Waals surface area (Å²) in [5.74, 6) is 0.557. The summed E-state index contributed by atoms with van der Waals surface area (Å²) in [5.41, 5.74) is 2.03. The molecule has 122 valence electrons. The lowest BCUT2D eigenvalue weighted by Crippen LogP contribution is -2.26. The van der Waals surface area contributed by atoms with Crippen molar-refractivity contribution in [3.05, 3.63) is 84.5 Å². The van der Waals surface area contributed by atoms with Crippen LogP contribution in [0.5, 0.6) is 0 Å². The van der Waals surface area contributed by atoms with Crippen molar-refractivity contribution in [1.82, 2.24) is 0 Å². The van der Waals surface area contributed by atoms with E-state index in [1.165, 1.54) is 35.4 Å². The molecular weight excluding hydrogens is 307 g/mol. The molecular formula is C23H25P. The zero-order valence-electron chi connectivity index (χ0n) is 14.6. The van der Waals surface area contributed by atoms with E-state index < -0.39 is 7.92 Å². The van der Waals surface area contributed by atoms with Gasteiger partial charge in [0.25, 0.3) is 0 Å². The first kappa shape index (κ1) is 17.0. The maximum Gasteiger partial charge on any atom is 0.0309 e. The highest BCUT2D eigenvalue weighted by atomic mass is 31.1. The van der Waals surface area contributed by atoms with Gasteiger partial charge in [-0.05, 0) is 44.1 Å². The van der Waals surface area contributed by atoms with Gasteiger partial charge in [-0.25, -0.2) is 0 Å². The fraction of sp³-hybridized carbons (Fsp3) is 0.304. The van der Waals surface area contributed by atoms with Gasteiger partial charge in [-0.1, -0.05) is 92.6 Å². The van der Waals surface area contributed by atoms with Crippen LogP contribution in [0.3, 0.4) is 0 Å². The standard InChI is InChI=1S/C23H25P/c1-3-4-11-20-16-17-23(19(2)18-20)24(21-12-7-5-8-13-21)22-14-9-6-10-15-22/h5-9,12-14,16-19,23H,3-4,11H2,1-2H3. The summed E-state index contributed by atoms with van der Waals surface area (Å²) in [6.45, 7) is 4.63. The molecule has 1 heteroatoms. The molecule has 0 saturated carbocycles. The van der Waals surface area contributed by atoms with Gasteiger partial charge in [0.15, 0.2) is 0 Å². The van der Waals surface area contributed by atoms with Crippen LogP contribution in [0.1, 0.15) is 33.1 Å². The molecule has 2 aromatic rings. The first-order valence-corrected chi connectivity index (χ1v) is 10.3. The summed E-state index contributed by atoms with van der Waals surface area (Å²) < 4.78 is 0. The predicted molar refractivity (Wildman–Crippen MR) is 106 cm³/mol. The third-order valence-corrected chi connectivity index (χ3v) is 7.44. The van der Waals surface area contributed by atoms with Crippen molar-refractivity contribution >= 4 is 18.5 Å². The Balaban J connectivity index is 1.91. The molecule has 3 rings (SSSR count). The second-order valence-electron chi connectivity index (χ2n) is 6.44. The number of hydrogen-bond donors (Lipinski definition) is 0. The third kappa shape index (κ3) is 3.98. The maximum absolute atomic E-state index is 3.38. The summed E-state index contributed by atoms with van der Waals surface area (Å²) >= 11 is 0. The monoisotopic (exact) mass is 332 g/mol. The summed E-state index contributed by atoms with van der Waals surface area (Å²) in [6.07, 6.45) is 11.1. The molecule has 2 aromatic carbocycles. The third-order valence-electron chi connectivity index (χ3n) is 4.57. The van der Waals surface area contributed by atoms with Crippen molar-refractivity contribution in [3.63, 3.8) is 0 Å². The fourth-order valence-electron chi connectivity index (χ4n) is 3.30. The smallest absolute Gasteiger partial charge is 0.0309 e. The van der Waals surface area contributed by atoms with Gasteiger partial charge in [0, 0.05) is 11.0 Å². The zero-order valence-corrected chi connectivity index (χ0v) is 15.5. The van der Waals surface area contributed by atoms with Crippen LogP contribution in [0.4, 0.5) is 0 Å². The Morgan fingerprint density at radius 3 is 2.58 bits per heavy atom. The lowest BCUT2D eigenvalue weighted by Gasteiger charge is -2.31. The Morgan fingerprint density at radius 1 is 1.08 bits per heavy atom. The second-order valence-corrected chi connectivity index (χ2v) is 8.77. The van der Waals surface area contributed by atoms with Crippen molar-refractivity contribution in [3.8, 4) is 0 Å². The summed E-state index contributed by atoms with van der Waals surface area (Å²) in [6, 6.07) is 23.7. The molecule has 0 aliphatic heterocycles. The highest BCUT2D eigenvalue weighted by Gasteiger charge is 2.28. The number of allylic oxidation sites excluding steroid dienone is 4. The van der Waals surface area contributed by atoms with Crippen molar-refractivity contribution < 1.29 is 0 Å². The van der Waals surface area contributed by atoms with Crippen LogP contribution in [0.15, 0.2) is 72.3 Å². The number of benzene rings is 1. The van der Waals surface area contributed by atoms with E-state index in [-0.39, 0.29) is 0 Å². The van der Waals surface area contributed by atoms with E-state index in [9.17, 15) is 0 Å². The second kappa shape index (κ2) is 8.32. The van der Waals surface area contributed by atoms with E-state index in [1.807, 2.05) is 6.07 Å². The van der Waals surface area contributed by atoms with E-state index in [0.717, 1.165) is 0 Å². The summed E-state index contributed by atoms with van der Waals surface area (Å²) in [4.78, 5) is 0. The van der Waals surface area contributed by atoms with Gasteiger partial charge in [-0.2, -0.15) is 0 Å². The molecule has 0 fully saturated rings. The molecule has 0 spiro atoms. The number of rotatable bonds is 6. The maximum atomic E-state index is 3.38. The zero-order chi connectivity index (χ0) is 16.8. The molecule has 0 amide bonds. The topological polar surface area (TPSA) is 0 Å². The van der Waals surface area contributed by atoms with Gasteiger partial charge in [0.05, 0.1) is 0 Å². The molecule has 0 N–H and O–H groups in total. The summed E-state index contributed by atoms with van der Waals surface area (Å²) in [7, 11) is -0.459. The predicted octanol–water partition coefficient (Wildman–Crippen LogP) is 5.41. The van der Waals surface area contributed by atoms with Gasteiger partial charge < -0.3 is 0 Å². The first-order chi connectivity index (χ1) is 11.8. The minimum atomic E-state index is -0.459. The lowest BCUT2D eigenvalue weighted by atomic mass is 9.94. The molecule has 0 radical (unpaired) electrons. The van der Waals surface area contributed by atoms with Crippen LogP contribution in [-0.2, 0) is 0 Å². The highest BCUT2D eigenvalue weighted by Crippen LogP contribution is 2.45. The van der Waals surface area contributed by atoms with Crippen LogP contribution in [0.25, 0.3) is 0 Å². The molecule has 1 aliphatic rings. The highest BCUT2D eigenvalue weighted by molar-refractivity contribution is 7.73. The van der Waals surface area contributed by atoms with Gasteiger partial charge in [-0.15, -0.1) is 0 Å². The van der Waals surface area contributed by atoms with Crippen molar-refractivity contribution in [2.45, 2.75) is 38.8 Å². The average molecular weight is 332 g/mol. The van der Waals surface area contributed by atoms with E-state index in [4.69, 9.17) is 0 Å². The average Bonchev–Trinajstić information content (AvgIpc) is 2.64. The van der Waals surface area contributed by atoms with Crippen LogP contribution in [0.2, 0.25) is 0 Å². The Labute approximate surface area is 148 Å². The molecule has 0 bridgehead atoms. The SMILES string of the molecule is CCCCC1=CC(C)C(P(c2c#cccc2)c2ccccc2)C=C1. The van der Waals surface area contributed by atoms with Crippen LogP contribution in [0, 0.1) is 18.1 Å². The molecule has 0 saturated heterocycles. The Morgan fingerprint density at radius 2 is 1.92 bits per heavy atom. The van der Waals surface area contributed by atoms with E-state index in [1.54, 1.807) is 0 Å². The van der Waals surface area contributed by atoms with E-state index >= 15 is 0 Å². The van der Waals surface area contributed by atoms with Crippen molar-refractivity contribution in [2.75, 3.05) is 0 Å². The molecule has 3 unspecified atom stereocenters. The van der Waals surface area contributed by atoms with Crippen LogP contribution >= 0.6 is 7.92 Å². The Kier molecular flexibility index (Phi) is 5.90. The van der Waals surface area contributed by atoms with Gasteiger partial charge >= 0.3 is 0 Å². The molecule has 0 aromatic heterocycles. The van der Waals surface area contributed by atoms with E-state index in [2.05, 4.69) is 86.7 Å². The minimum Gasteiger partial charge on any atom is -0.0775 e. The lowest BCUT2D eigenvalue weighted by molar-refractivity contribution is 0.717. The Bertz CT molecular complexity index is 645. The van der Waals surface area contributed by atoms with Crippen molar-refractivity contribution in [1.29, 1.82) is 0 Å².